The van der Waals surface area contributed by atoms with E-state index in [-0.39, 0.29) is 10.8 Å². The summed E-state index contributed by atoms with van der Waals surface area (Å²) >= 11 is 13.5. The number of sulfonamides is 1. The molecule has 1 aliphatic rings. The Bertz CT molecular complexity index is 1240. The molecule has 168 valence electrons. The highest BCUT2D eigenvalue weighted by Crippen LogP contribution is 2.33. The lowest BCUT2D eigenvalue weighted by Crippen LogP contribution is -2.37. The summed E-state index contributed by atoms with van der Waals surface area (Å²) in [6.07, 6.45) is 1.71. The van der Waals surface area contributed by atoms with Gasteiger partial charge < -0.3 is 0 Å². The van der Waals surface area contributed by atoms with Gasteiger partial charge in [-0.05, 0) is 61.2 Å². The van der Waals surface area contributed by atoms with Crippen LogP contribution in [-0.2, 0) is 10.0 Å². The molecule has 0 bridgehead atoms. The highest BCUT2D eigenvalue weighted by atomic mass is 35.5. The molecule has 1 fully saturated rings. The number of hydrogen-bond donors (Lipinski definition) is 1. The molecule has 3 aromatic rings. The Morgan fingerprint density at radius 1 is 1.12 bits per heavy atom. The number of halogens is 2. The van der Waals surface area contributed by atoms with E-state index in [0.29, 0.717) is 51.0 Å². The second-order valence-corrected chi connectivity index (χ2v) is 11.4. The molecule has 4 rings (SSSR count). The van der Waals surface area contributed by atoms with Gasteiger partial charge in [-0.3, -0.25) is 10.1 Å². The summed E-state index contributed by atoms with van der Waals surface area (Å²) < 4.78 is 27.2. The van der Waals surface area contributed by atoms with Crippen molar-refractivity contribution in [2.24, 2.45) is 5.92 Å². The second kappa shape index (κ2) is 9.49. The fourth-order valence-corrected chi connectivity index (χ4v) is 6.03. The van der Waals surface area contributed by atoms with Crippen LogP contribution in [0.4, 0.5) is 5.13 Å². The van der Waals surface area contributed by atoms with Gasteiger partial charge in [0.15, 0.2) is 5.13 Å². The molecule has 32 heavy (non-hydrogen) atoms. The number of benzene rings is 2. The summed E-state index contributed by atoms with van der Waals surface area (Å²) in [5.41, 5.74) is 1.63. The molecule has 0 unspecified atom stereocenters. The van der Waals surface area contributed by atoms with Crippen molar-refractivity contribution in [3.63, 3.8) is 0 Å². The van der Waals surface area contributed by atoms with E-state index in [1.807, 2.05) is 0 Å². The number of nitrogens with one attached hydrogen (secondary N) is 1. The lowest BCUT2D eigenvalue weighted by atomic mass is 10.0. The zero-order valence-electron chi connectivity index (χ0n) is 17.2. The Labute approximate surface area is 201 Å². The molecule has 0 saturated carbocycles. The molecule has 6 nitrogen and oxygen atoms in total. The van der Waals surface area contributed by atoms with Gasteiger partial charge in [0.05, 0.1) is 15.6 Å². The molecule has 1 aromatic heterocycles. The summed E-state index contributed by atoms with van der Waals surface area (Å²) in [5, 5.41) is 5.97. The van der Waals surface area contributed by atoms with Crippen LogP contribution in [-0.4, -0.2) is 36.7 Å². The molecular formula is C22H21Cl2N3O3S2. The van der Waals surface area contributed by atoms with Crippen LogP contribution in [0, 0.1) is 5.92 Å². The van der Waals surface area contributed by atoms with Gasteiger partial charge in [0.2, 0.25) is 10.0 Å². The number of nitrogens with zero attached hydrogens (tertiary/aromatic N) is 2. The van der Waals surface area contributed by atoms with E-state index in [1.54, 1.807) is 23.6 Å². The molecule has 1 amide bonds. The van der Waals surface area contributed by atoms with E-state index < -0.39 is 10.0 Å². The van der Waals surface area contributed by atoms with E-state index >= 15 is 0 Å². The molecule has 0 radical (unpaired) electrons. The number of amides is 1. The average Bonchev–Trinajstić information content (AvgIpc) is 3.24. The number of anilines is 1. The van der Waals surface area contributed by atoms with E-state index in [9.17, 15) is 13.2 Å². The van der Waals surface area contributed by atoms with E-state index in [2.05, 4.69) is 17.2 Å². The summed E-state index contributed by atoms with van der Waals surface area (Å²) in [6, 6.07) is 11.1. The third-order valence-electron chi connectivity index (χ3n) is 5.43. The summed E-state index contributed by atoms with van der Waals surface area (Å²) in [5.74, 6) is 0.160. The predicted octanol–water partition coefficient (Wildman–Crippen LogP) is 5.79. The zero-order valence-corrected chi connectivity index (χ0v) is 20.4. The molecule has 2 aromatic carbocycles. The lowest BCUT2D eigenvalue weighted by molar-refractivity contribution is 0.102. The topological polar surface area (TPSA) is 79.4 Å². The number of thiazole rings is 1. The molecule has 1 aliphatic heterocycles. The van der Waals surface area contributed by atoms with Crippen LogP contribution in [0.25, 0.3) is 11.3 Å². The summed E-state index contributed by atoms with van der Waals surface area (Å²) in [4.78, 5) is 17.2. The van der Waals surface area contributed by atoms with Crippen LogP contribution in [0.3, 0.4) is 0 Å². The SMILES string of the molecule is CC1CCN(S(=O)(=O)c2ccc(C(=O)Nc3nc(-c4cc(Cl)ccc4Cl)cs3)cc2)CC1. The monoisotopic (exact) mass is 509 g/mol. The van der Waals surface area contributed by atoms with Gasteiger partial charge in [0, 0.05) is 34.6 Å². The number of hydrogen-bond acceptors (Lipinski definition) is 5. The van der Waals surface area contributed by atoms with Crippen molar-refractivity contribution in [1.29, 1.82) is 0 Å². The fraction of sp³-hybridized carbons (Fsp3) is 0.273. The van der Waals surface area contributed by atoms with Crippen LogP contribution >= 0.6 is 34.5 Å². The first kappa shape index (κ1) is 23.2. The van der Waals surface area contributed by atoms with Crippen LogP contribution in [0.2, 0.25) is 10.0 Å². The molecular weight excluding hydrogens is 489 g/mol. The van der Waals surface area contributed by atoms with E-state index in [4.69, 9.17) is 23.2 Å². The summed E-state index contributed by atoms with van der Waals surface area (Å²) in [7, 11) is -3.55. The van der Waals surface area contributed by atoms with Crippen molar-refractivity contribution in [2.45, 2.75) is 24.7 Å². The molecule has 1 saturated heterocycles. The minimum Gasteiger partial charge on any atom is -0.298 e. The van der Waals surface area contributed by atoms with Gasteiger partial charge >= 0.3 is 0 Å². The van der Waals surface area contributed by atoms with Crippen molar-refractivity contribution in [1.82, 2.24) is 9.29 Å². The molecule has 0 aliphatic carbocycles. The quantitative estimate of drug-likeness (QED) is 0.471. The molecule has 10 heteroatoms. The lowest BCUT2D eigenvalue weighted by Gasteiger charge is -2.29. The first-order chi connectivity index (χ1) is 15.2. The predicted molar refractivity (Wildman–Crippen MR) is 129 cm³/mol. The van der Waals surface area contributed by atoms with Gasteiger partial charge in [-0.15, -0.1) is 11.3 Å². The normalized spacial score (nSPS) is 15.6. The largest absolute Gasteiger partial charge is 0.298 e. The van der Waals surface area contributed by atoms with Gasteiger partial charge in [-0.25, -0.2) is 13.4 Å². The Morgan fingerprint density at radius 2 is 1.81 bits per heavy atom. The minimum absolute atomic E-state index is 0.190. The first-order valence-corrected chi connectivity index (χ1v) is 13.1. The average molecular weight is 510 g/mol. The Morgan fingerprint density at radius 3 is 2.50 bits per heavy atom. The van der Waals surface area contributed by atoms with E-state index in [0.717, 1.165) is 12.8 Å². The third-order valence-corrected chi connectivity index (χ3v) is 8.66. The second-order valence-electron chi connectivity index (χ2n) is 7.73. The van der Waals surface area contributed by atoms with E-state index in [1.165, 1.54) is 39.9 Å². The van der Waals surface area contributed by atoms with Gasteiger partial charge in [0.1, 0.15) is 0 Å². The number of piperidine rings is 1. The maximum absolute atomic E-state index is 12.9. The van der Waals surface area contributed by atoms with Crippen LogP contribution in [0.5, 0.6) is 0 Å². The molecule has 2 heterocycles. The van der Waals surface area contributed by atoms with Crippen molar-refractivity contribution in [3.05, 3.63) is 63.5 Å². The standard InChI is InChI=1S/C22H21Cl2N3O3S2/c1-14-8-10-27(11-9-14)32(29,30)17-5-2-15(3-6-17)21(28)26-22-25-20(13-31-22)18-12-16(23)4-7-19(18)24/h2-7,12-14H,8-11H2,1H3,(H,25,26,28). The number of aromatic nitrogens is 1. The molecule has 0 spiro atoms. The van der Waals surface area contributed by atoms with Gasteiger partial charge in [-0.1, -0.05) is 30.1 Å². The van der Waals surface area contributed by atoms with Gasteiger partial charge in [-0.2, -0.15) is 4.31 Å². The number of rotatable bonds is 5. The maximum Gasteiger partial charge on any atom is 0.257 e. The van der Waals surface area contributed by atoms with Gasteiger partial charge in [0.25, 0.3) is 5.91 Å². The first-order valence-electron chi connectivity index (χ1n) is 10.1. The Hall–Kier alpha value is -1.97. The minimum atomic E-state index is -3.55. The van der Waals surface area contributed by atoms with Crippen LogP contribution < -0.4 is 5.32 Å². The van der Waals surface area contributed by atoms with Crippen molar-refractivity contribution in [2.75, 3.05) is 18.4 Å². The van der Waals surface area contributed by atoms with Crippen molar-refractivity contribution >= 4 is 55.6 Å². The van der Waals surface area contributed by atoms with Crippen LogP contribution in [0.15, 0.2) is 52.7 Å². The maximum atomic E-state index is 12.9. The highest BCUT2D eigenvalue weighted by molar-refractivity contribution is 7.89. The number of carbonyl (C=O) groups excluding carboxylic acids is 1. The Balaban J connectivity index is 1.46. The smallest absolute Gasteiger partial charge is 0.257 e. The van der Waals surface area contributed by atoms with Crippen molar-refractivity contribution < 1.29 is 13.2 Å². The molecule has 1 N–H and O–H groups in total. The number of carbonyl (C=O) groups is 1. The summed E-state index contributed by atoms with van der Waals surface area (Å²) in [6.45, 7) is 3.18. The zero-order chi connectivity index (χ0) is 22.9. The van der Waals surface area contributed by atoms with Crippen molar-refractivity contribution in [3.8, 4) is 11.3 Å². The third kappa shape index (κ3) is 5.00. The highest BCUT2D eigenvalue weighted by Gasteiger charge is 2.28. The Kier molecular flexibility index (Phi) is 6.88. The fourth-order valence-electron chi connectivity index (χ4n) is 3.47. The van der Waals surface area contributed by atoms with Crippen LogP contribution in [0.1, 0.15) is 30.1 Å². The molecule has 0 atom stereocenters.